The van der Waals surface area contributed by atoms with E-state index in [9.17, 15) is 9.59 Å². The number of imidazole rings is 1. The molecule has 110 valence electrons. The molecule has 1 aromatic heterocycles. The zero-order valence-electron chi connectivity index (χ0n) is 11.1. The van der Waals surface area contributed by atoms with Crippen LogP contribution in [-0.2, 0) is 6.54 Å². The number of urea groups is 1. The molecule has 2 aromatic rings. The van der Waals surface area contributed by atoms with Gasteiger partial charge in [0.2, 0.25) is 0 Å². The van der Waals surface area contributed by atoms with Crippen LogP contribution in [0.15, 0.2) is 35.1 Å². The number of aromatic nitrogens is 2. The summed E-state index contributed by atoms with van der Waals surface area (Å²) >= 11 is 3.15. The maximum Gasteiger partial charge on any atom is 0.336 e. The van der Waals surface area contributed by atoms with Gasteiger partial charge in [0.05, 0.1) is 12.1 Å². The van der Waals surface area contributed by atoms with E-state index >= 15 is 0 Å². The van der Waals surface area contributed by atoms with Crippen LogP contribution in [0, 0.1) is 0 Å². The maximum atomic E-state index is 12.0. The summed E-state index contributed by atoms with van der Waals surface area (Å²) in [5.41, 5.74) is 0.494. The van der Waals surface area contributed by atoms with Gasteiger partial charge in [0.1, 0.15) is 5.82 Å². The molecule has 0 aliphatic rings. The van der Waals surface area contributed by atoms with Crippen molar-refractivity contribution in [3.63, 3.8) is 0 Å². The molecule has 0 aliphatic heterocycles. The lowest BCUT2D eigenvalue weighted by Gasteiger charge is -2.17. The van der Waals surface area contributed by atoms with E-state index in [1.54, 1.807) is 31.6 Å². The van der Waals surface area contributed by atoms with E-state index in [-0.39, 0.29) is 11.6 Å². The van der Waals surface area contributed by atoms with E-state index in [1.807, 2.05) is 0 Å². The average molecular weight is 353 g/mol. The van der Waals surface area contributed by atoms with Crippen molar-refractivity contribution in [2.45, 2.75) is 6.54 Å². The maximum absolute atomic E-state index is 12.0. The first-order chi connectivity index (χ1) is 9.97. The largest absolute Gasteiger partial charge is 0.478 e. The summed E-state index contributed by atoms with van der Waals surface area (Å²) in [5, 5.41) is 11.7. The fourth-order valence-electron chi connectivity index (χ4n) is 1.67. The summed E-state index contributed by atoms with van der Waals surface area (Å²) in [6.07, 6.45) is 3.28. The van der Waals surface area contributed by atoms with Gasteiger partial charge in [-0.25, -0.2) is 14.6 Å². The Kier molecular flexibility index (Phi) is 4.59. The van der Waals surface area contributed by atoms with Crippen molar-refractivity contribution in [2.24, 2.45) is 0 Å². The van der Waals surface area contributed by atoms with Crippen molar-refractivity contribution in [1.82, 2.24) is 14.9 Å². The van der Waals surface area contributed by atoms with Gasteiger partial charge in [-0.2, -0.15) is 0 Å². The molecule has 0 saturated heterocycles. The zero-order chi connectivity index (χ0) is 15.4. The summed E-state index contributed by atoms with van der Waals surface area (Å²) in [6.45, 7) is 0.321. The number of benzene rings is 1. The lowest BCUT2D eigenvalue weighted by atomic mass is 10.2. The summed E-state index contributed by atoms with van der Waals surface area (Å²) in [4.78, 5) is 31.4. The van der Waals surface area contributed by atoms with Crippen molar-refractivity contribution < 1.29 is 14.7 Å². The normalized spacial score (nSPS) is 10.2. The summed E-state index contributed by atoms with van der Waals surface area (Å²) < 4.78 is 0.455. The monoisotopic (exact) mass is 352 g/mol. The number of hydrogen-bond donors (Lipinski definition) is 3. The highest BCUT2D eigenvalue weighted by molar-refractivity contribution is 9.10. The predicted molar refractivity (Wildman–Crippen MR) is 80.2 cm³/mol. The highest BCUT2D eigenvalue weighted by atomic mass is 79.9. The van der Waals surface area contributed by atoms with Gasteiger partial charge >= 0.3 is 12.0 Å². The molecular formula is C13H13BrN4O3. The van der Waals surface area contributed by atoms with Crippen LogP contribution in [0.25, 0.3) is 0 Å². The number of nitrogens with zero attached hydrogens (tertiary/aromatic N) is 2. The second-order valence-corrected chi connectivity index (χ2v) is 5.18. The van der Waals surface area contributed by atoms with Crippen molar-refractivity contribution in [3.8, 4) is 0 Å². The Labute approximate surface area is 129 Å². The van der Waals surface area contributed by atoms with Gasteiger partial charge in [-0.3, -0.25) is 0 Å². The van der Waals surface area contributed by atoms with Gasteiger partial charge in [0.25, 0.3) is 0 Å². The molecule has 0 fully saturated rings. The lowest BCUT2D eigenvalue weighted by Crippen LogP contribution is -2.31. The van der Waals surface area contributed by atoms with Gasteiger partial charge in [0.15, 0.2) is 0 Å². The molecule has 1 aromatic carbocycles. The van der Waals surface area contributed by atoms with Crippen LogP contribution in [0.2, 0.25) is 0 Å². The second-order valence-electron chi connectivity index (χ2n) is 4.32. The number of aromatic amines is 1. The molecule has 0 radical (unpaired) electrons. The molecule has 0 atom stereocenters. The number of H-pyrrole nitrogens is 1. The SMILES string of the molecule is CN(Cc1ncc[nH]1)C(=O)Nc1ccc(Br)c(C(=O)O)c1. The molecule has 0 unspecified atom stereocenters. The Hall–Kier alpha value is -2.35. The summed E-state index contributed by atoms with van der Waals surface area (Å²) in [7, 11) is 1.62. The molecule has 21 heavy (non-hydrogen) atoms. The van der Waals surface area contributed by atoms with E-state index in [4.69, 9.17) is 5.11 Å². The first-order valence-corrected chi connectivity index (χ1v) is 6.80. The number of nitrogens with one attached hydrogen (secondary N) is 2. The van der Waals surface area contributed by atoms with E-state index in [0.717, 1.165) is 0 Å². The zero-order valence-corrected chi connectivity index (χ0v) is 12.7. The Bertz CT molecular complexity index is 657. The molecule has 8 heteroatoms. The summed E-state index contributed by atoms with van der Waals surface area (Å²) in [6, 6.07) is 4.23. The Morgan fingerprint density at radius 2 is 2.24 bits per heavy atom. The molecule has 1 heterocycles. The van der Waals surface area contributed by atoms with Crippen molar-refractivity contribution in [2.75, 3.05) is 12.4 Å². The third-order valence-electron chi connectivity index (χ3n) is 2.74. The van der Waals surface area contributed by atoms with Crippen LogP contribution in [0.4, 0.5) is 10.5 Å². The number of anilines is 1. The number of carbonyl (C=O) groups is 2. The van der Waals surface area contributed by atoms with Gasteiger partial charge in [-0.05, 0) is 34.1 Å². The van der Waals surface area contributed by atoms with Crippen LogP contribution >= 0.6 is 15.9 Å². The number of hydrogen-bond acceptors (Lipinski definition) is 3. The Morgan fingerprint density at radius 3 is 2.86 bits per heavy atom. The smallest absolute Gasteiger partial charge is 0.336 e. The third kappa shape index (κ3) is 3.82. The first-order valence-electron chi connectivity index (χ1n) is 6.00. The molecule has 0 aliphatic carbocycles. The fraction of sp³-hybridized carbons (Fsp3) is 0.154. The van der Waals surface area contributed by atoms with Crippen molar-refractivity contribution in [1.29, 1.82) is 0 Å². The van der Waals surface area contributed by atoms with E-state index < -0.39 is 5.97 Å². The first kappa shape index (κ1) is 15.0. The van der Waals surface area contributed by atoms with Crippen LogP contribution < -0.4 is 5.32 Å². The molecule has 0 bridgehead atoms. The highest BCUT2D eigenvalue weighted by Crippen LogP contribution is 2.21. The highest BCUT2D eigenvalue weighted by Gasteiger charge is 2.13. The Balaban J connectivity index is 2.05. The number of halogens is 1. The van der Waals surface area contributed by atoms with Crippen LogP contribution in [0.3, 0.4) is 0 Å². The standard InChI is InChI=1S/C13H13BrN4O3/c1-18(7-11-15-4-5-16-11)13(21)17-8-2-3-10(14)9(6-8)12(19)20/h2-6H,7H2,1H3,(H,15,16)(H,17,21)(H,19,20). The third-order valence-corrected chi connectivity index (χ3v) is 3.43. The topological polar surface area (TPSA) is 98.3 Å². The average Bonchev–Trinajstić information content (AvgIpc) is 2.93. The molecule has 2 amide bonds. The van der Waals surface area contributed by atoms with Crippen LogP contribution in [-0.4, -0.2) is 39.0 Å². The van der Waals surface area contributed by atoms with E-state index in [1.165, 1.54) is 11.0 Å². The van der Waals surface area contributed by atoms with Gasteiger partial charge < -0.3 is 20.3 Å². The molecule has 2 rings (SSSR count). The van der Waals surface area contributed by atoms with Crippen molar-refractivity contribution in [3.05, 3.63) is 46.5 Å². The Morgan fingerprint density at radius 1 is 1.48 bits per heavy atom. The number of rotatable bonds is 4. The minimum Gasteiger partial charge on any atom is -0.478 e. The minimum atomic E-state index is -1.07. The fourth-order valence-corrected chi connectivity index (χ4v) is 2.08. The molecule has 0 spiro atoms. The van der Waals surface area contributed by atoms with Crippen molar-refractivity contribution >= 4 is 33.6 Å². The van der Waals surface area contributed by atoms with Gasteiger partial charge in [0, 0.05) is 29.6 Å². The molecule has 0 saturated carbocycles. The molecular weight excluding hydrogens is 340 g/mol. The summed E-state index contributed by atoms with van der Waals surface area (Å²) in [5.74, 6) is -0.406. The molecule has 7 nitrogen and oxygen atoms in total. The van der Waals surface area contributed by atoms with Gasteiger partial charge in [-0.1, -0.05) is 0 Å². The quantitative estimate of drug-likeness (QED) is 0.787. The van der Waals surface area contributed by atoms with Crippen LogP contribution in [0.1, 0.15) is 16.2 Å². The number of carbonyl (C=O) groups excluding carboxylic acids is 1. The number of carboxylic acid groups (broad SMARTS) is 1. The second kappa shape index (κ2) is 6.40. The van der Waals surface area contributed by atoms with Crippen LogP contribution in [0.5, 0.6) is 0 Å². The number of aromatic carboxylic acids is 1. The van der Waals surface area contributed by atoms with Gasteiger partial charge in [-0.15, -0.1) is 0 Å². The number of carboxylic acids is 1. The predicted octanol–water partition coefficient (Wildman–Crippen LogP) is 2.53. The molecule has 3 N–H and O–H groups in total. The van der Waals surface area contributed by atoms with E-state index in [2.05, 4.69) is 31.2 Å². The minimum absolute atomic E-state index is 0.0847. The van der Waals surface area contributed by atoms with E-state index in [0.29, 0.717) is 22.5 Å². The lowest BCUT2D eigenvalue weighted by molar-refractivity contribution is 0.0696. The number of amides is 2.